The molecule has 0 saturated carbocycles. The number of carbonyl (C=O) groups is 1. The third-order valence-electron chi connectivity index (χ3n) is 6.14. The molecule has 1 saturated heterocycles. The van der Waals surface area contributed by atoms with E-state index in [2.05, 4.69) is 47.4 Å². The van der Waals surface area contributed by atoms with Crippen LogP contribution in [-0.2, 0) is 11.2 Å². The molecule has 4 heteroatoms. The predicted octanol–water partition coefficient (Wildman–Crippen LogP) is 5.25. The zero-order chi connectivity index (χ0) is 21.5. The van der Waals surface area contributed by atoms with Gasteiger partial charge in [0.25, 0.3) is 0 Å². The number of rotatable bonds is 7. The predicted molar refractivity (Wildman–Crippen MR) is 128 cm³/mol. The van der Waals surface area contributed by atoms with Crippen molar-refractivity contribution < 1.29 is 4.79 Å². The molecule has 0 spiro atoms. The molecule has 1 aliphatic heterocycles. The average molecular weight is 433 g/mol. The van der Waals surface area contributed by atoms with Crippen LogP contribution in [0.2, 0.25) is 5.02 Å². The van der Waals surface area contributed by atoms with E-state index in [1.54, 1.807) is 0 Å². The molecule has 4 rings (SSSR count). The van der Waals surface area contributed by atoms with Gasteiger partial charge in [-0.3, -0.25) is 9.69 Å². The van der Waals surface area contributed by atoms with Gasteiger partial charge >= 0.3 is 0 Å². The van der Waals surface area contributed by atoms with Crippen LogP contribution in [0.4, 0.5) is 0 Å². The average Bonchev–Trinajstić information content (AvgIpc) is 2.83. The minimum Gasteiger partial charge on any atom is -0.340 e. The molecule has 0 radical (unpaired) electrons. The fraction of sp³-hybridized carbons (Fsp3) is 0.296. The summed E-state index contributed by atoms with van der Waals surface area (Å²) in [5, 5.41) is 0.716. The Morgan fingerprint density at radius 2 is 1.35 bits per heavy atom. The second kappa shape index (κ2) is 10.6. The molecule has 1 fully saturated rings. The van der Waals surface area contributed by atoms with Gasteiger partial charge in [0.2, 0.25) is 5.91 Å². The zero-order valence-corrected chi connectivity index (χ0v) is 18.5. The second-order valence-electron chi connectivity index (χ2n) is 8.18. The van der Waals surface area contributed by atoms with Gasteiger partial charge in [0.05, 0.1) is 0 Å². The van der Waals surface area contributed by atoms with Gasteiger partial charge in [-0.05, 0) is 35.2 Å². The molecule has 3 aromatic carbocycles. The lowest BCUT2D eigenvalue weighted by Crippen LogP contribution is -2.49. The first-order valence-corrected chi connectivity index (χ1v) is 11.4. The van der Waals surface area contributed by atoms with E-state index in [9.17, 15) is 4.79 Å². The number of hydrogen-bond acceptors (Lipinski definition) is 2. The summed E-state index contributed by atoms with van der Waals surface area (Å²) in [5.41, 5.74) is 3.67. The van der Waals surface area contributed by atoms with E-state index in [1.165, 1.54) is 11.1 Å². The van der Waals surface area contributed by atoms with Crippen LogP contribution in [0.15, 0.2) is 84.9 Å². The standard InChI is InChI=1S/C27H29ClN2O/c28-25-13-11-24(12-14-25)26(23-9-5-2-6-10-23)21-27(31)30-19-17-29(18-20-30)16-15-22-7-3-1-4-8-22/h1-14,26H,15-21H2. The fourth-order valence-corrected chi connectivity index (χ4v) is 4.39. The lowest BCUT2D eigenvalue weighted by Gasteiger charge is -2.35. The number of amides is 1. The zero-order valence-electron chi connectivity index (χ0n) is 17.8. The lowest BCUT2D eigenvalue weighted by molar-refractivity contribution is -0.133. The van der Waals surface area contributed by atoms with Gasteiger partial charge < -0.3 is 4.90 Å². The largest absolute Gasteiger partial charge is 0.340 e. The van der Waals surface area contributed by atoms with Crippen molar-refractivity contribution in [1.29, 1.82) is 0 Å². The van der Waals surface area contributed by atoms with E-state index in [0.717, 1.165) is 44.7 Å². The Labute approximate surface area is 190 Å². The number of piperazine rings is 1. The number of halogens is 1. The van der Waals surface area contributed by atoms with Gasteiger partial charge in [0.1, 0.15) is 0 Å². The van der Waals surface area contributed by atoms with Crippen molar-refractivity contribution in [2.45, 2.75) is 18.8 Å². The normalized spacial score (nSPS) is 15.6. The Morgan fingerprint density at radius 1 is 0.774 bits per heavy atom. The van der Waals surface area contributed by atoms with Crippen LogP contribution < -0.4 is 0 Å². The minimum atomic E-state index is 0.0436. The van der Waals surface area contributed by atoms with E-state index in [1.807, 2.05) is 47.4 Å². The van der Waals surface area contributed by atoms with Crippen LogP contribution in [0.5, 0.6) is 0 Å². The van der Waals surface area contributed by atoms with Crippen molar-refractivity contribution in [1.82, 2.24) is 9.80 Å². The van der Waals surface area contributed by atoms with E-state index in [0.29, 0.717) is 11.4 Å². The van der Waals surface area contributed by atoms with Gasteiger partial charge in [-0.25, -0.2) is 0 Å². The summed E-state index contributed by atoms with van der Waals surface area (Å²) in [6.45, 7) is 4.53. The Balaban J connectivity index is 1.35. The molecule has 3 aromatic rings. The summed E-state index contributed by atoms with van der Waals surface area (Å²) in [4.78, 5) is 17.7. The van der Waals surface area contributed by atoms with Crippen molar-refractivity contribution in [3.63, 3.8) is 0 Å². The molecule has 0 aliphatic carbocycles. The third-order valence-corrected chi connectivity index (χ3v) is 6.39. The maximum absolute atomic E-state index is 13.2. The summed E-state index contributed by atoms with van der Waals surface area (Å²) >= 11 is 6.09. The highest BCUT2D eigenvalue weighted by Crippen LogP contribution is 2.29. The van der Waals surface area contributed by atoms with E-state index in [-0.39, 0.29) is 11.8 Å². The highest BCUT2D eigenvalue weighted by molar-refractivity contribution is 6.30. The van der Waals surface area contributed by atoms with Crippen molar-refractivity contribution in [2.24, 2.45) is 0 Å². The van der Waals surface area contributed by atoms with Crippen LogP contribution in [-0.4, -0.2) is 48.4 Å². The van der Waals surface area contributed by atoms with Crippen molar-refractivity contribution in [3.8, 4) is 0 Å². The maximum Gasteiger partial charge on any atom is 0.223 e. The molecule has 0 aromatic heterocycles. The van der Waals surface area contributed by atoms with Crippen LogP contribution in [0.25, 0.3) is 0 Å². The highest BCUT2D eigenvalue weighted by atomic mass is 35.5. The molecule has 3 nitrogen and oxygen atoms in total. The Bertz CT molecular complexity index is 952. The molecule has 1 heterocycles. The summed E-state index contributed by atoms with van der Waals surface area (Å²) in [7, 11) is 0. The molecule has 160 valence electrons. The molecule has 1 atom stereocenters. The maximum atomic E-state index is 13.2. The van der Waals surface area contributed by atoms with Gasteiger partial charge in [-0.15, -0.1) is 0 Å². The molecule has 0 bridgehead atoms. The first-order valence-electron chi connectivity index (χ1n) is 11.0. The van der Waals surface area contributed by atoms with E-state index >= 15 is 0 Å². The summed E-state index contributed by atoms with van der Waals surface area (Å²) in [6, 6.07) is 28.8. The number of hydrogen-bond donors (Lipinski definition) is 0. The quantitative estimate of drug-likeness (QED) is 0.509. The first-order chi connectivity index (χ1) is 15.2. The van der Waals surface area contributed by atoms with Crippen LogP contribution in [0.3, 0.4) is 0 Å². The Morgan fingerprint density at radius 3 is 2.00 bits per heavy atom. The molecular formula is C27H29ClN2O. The summed E-state index contributed by atoms with van der Waals surface area (Å²) in [5.74, 6) is 0.272. The number of nitrogens with zero attached hydrogens (tertiary/aromatic N) is 2. The molecule has 0 N–H and O–H groups in total. The molecule has 1 unspecified atom stereocenters. The summed E-state index contributed by atoms with van der Waals surface area (Å²) < 4.78 is 0. The van der Waals surface area contributed by atoms with Crippen molar-refractivity contribution >= 4 is 17.5 Å². The van der Waals surface area contributed by atoms with Crippen molar-refractivity contribution in [3.05, 3.63) is 107 Å². The third kappa shape index (κ3) is 5.96. The van der Waals surface area contributed by atoms with Crippen molar-refractivity contribution in [2.75, 3.05) is 32.7 Å². The van der Waals surface area contributed by atoms with Gasteiger partial charge in [-0.2, -0.15) is 0 Å². The molecular weight excluding hydrogens is 404 g/mol. The smallest absolute Gasteiger partial charge is 0.223 e. The highest BCUT2D eigenvalue weighted by Gasteiger charge is 2.25. The number of benzene rings is 3. The second-order valence-corrected chi connectivity index (χ2v) is 8.61. The monoisotopic (exact) mass is 432 g/mol. The SMILES string of the molecule is O=C(CC(c1ccccc1)c1ccc(Cl)cc1)N1CCN(CCc2ccccc2)CC1. The van der Waals surface area contributed by atoms with Gasteiger partial charge in [0.15, 0.2) is 0 Å². The fourth-order valence-electron chi connectivity index (χ4n) is 4.27. The number of carbonyl (C=O) groups excluding carboxylic acids is 1. The lowest BCUT2D eigenvalue weighted by atomic mass is 9.88. The minimum absolute atomic E-state index is 0.0436. The Hall–Kier alpha value is -2.62. The first kappa shape index (κ1) is 21.6. The molecule has 1 aliphatic rings. The van der Waals surface area contributed by atoms with Gasteiger partial charge in [-0.1, -0.05) is 84.4 Å². The van der Waals surface area contributed by atoms with E-state index < -0.39 is 0 Å². The van der Waals surface area contributed by atoms with Crippen LogP contribution in [0.1, 0.15) is 29.0 Å². The van der Waals surface area contributed by atoms with E-state index in [4.69, 9.17) is 11.6 Å². The van der Waals surface area contributed by atoms with Crippen LogP contribution >= 0.6 is 11.6 Å². The van der Waals surface area contributed by atoms with Crippen LogP contribution in [0, 0.1) is 0 Å². The topological polar surface area (TPSA) is 23.6 Å². The Kier molecular flexibility index (Phi) is 7.39. The van der Waals surface area contributed by atoms with Gasteiger partial charge in [0, 0.05) is 50.1 Å². The molecule has 1 amide bonds. The summed E-state index contributed by atoms with van der Waals surface area (Å²) in [6.07, 6.45) is 1.54. The molecule has 31 heavy (non-hydrogen) atoms.